The molecule has 0 fully saturated rings. The summed E-state index contributed by atoms with van der Waals surface area (Å²) in [5.41, 5.74) is 3.50. The Labute approximate surface area is 137 Å². The van der Waals surface area contributed by atoms with Gasteiger partial charge in [-0.2, -0.15) is 0 Å². The first-order valence-corrected chi connectivity index (χ1v) is 9.20. The third-order valence-corrected chi connectivity index (χ3v) is 5.98. The monoisotopic (exact) mass is 349 g/mol. The molecule has 0 saturated heterocycles. The molecular weight excluding hydrogens is 334 g/mol. The van der Waals surface area contributed by atoms with Gasteiger partial charge < -0.3 is 4.42 Å². The molecule has 0 unspecified atom stereocenters. The van der Waals surface area contributed by atoms with E-state index < -0.39 is 15.0 Å². The summed E-state index contributed by atoms with van der Waals surface area (Å²) in [6, 6.07) is 8.28. The predicted molar refractivity (Wildman–Crippen MR) is 91.8 cm³/mol. The third-order valence-electron chi connectivity index (χ3n) is 3.66. The van der Waals surface area contributed by atoms with E-state index in [0.717, 1.165) is 22.5 Å². The van der Waals surface area contributed by atoms with Crippen molar-refractivity contribution in [3.05, 3.63) is 56.8 Å². The Kier molecular flexibility index (Phi) is 3.77. The maximum atomic E-state index is 12.6. The number of hydrogen-bond donors (Lipinski definition) is 1. The highest BCUT2D eigenvalue weighted by Crippen LogP contribution is 2.25. The van der Waals surface area contributed by atoms with Crippen LogP contribution in [0.25, 0.3) is 10.3 Å². The molecule has 1 heterocycles. The lowest BCUT2D eigenvalue weighted by atomic mass is 10.1. The summed E-state index contributed by atoms with van der Waals surface area (Å²) >= 11 is 0.939. The van der Waals surface area contributed by atoms with Crippen molar-refractivity contribution >= 4 is 37.3 Å². The third kappa shape index (κ3) is 3.02. The summed E-state index contributed by atoms with van der Waals surface area (Å²) in [7, 11) is -3.70. The van der Waals surface area contributed by atoms with E-state index in [-0.39, 0.29) is 4.90 Å². The molecule has 23 heavy (non-hydrogen) atoms. The van der Waals surface area contributed by atoms with Gasteiger partial charge >= 0.3 is 4.94 Å². The van der Waals surface area contributed by atoms with E-state index in [4.69, 9.17) is 4.42 Å². The van der Waals surface area contributed by atoms with E-state index in [1.807, 2.05) is 19.9 Å². The fourth-order valence-corrected chi connectivity index (χ4v) is 4.44. The highest BCUT2D eigenvalue weighted by molar-refractivity contribution is 7.92. The molecule has 7 heteroatoms. The number of benzene rings is 2. The van der Waals surface area contributed by atoms with Gasteiger partial charge in [-0.3, -0.25) is 4.72 Å². The predicted octanol–water partition coefficient (Wildman–Crippen LogP) is 3.58. The van der Waals surface area contributed by atoms with Crippen LogP contribution in [0.15, 0.2) is 44.4 Å². The van der Waals surface area contributed by atoms with Gasteiger partial charge in [-0.15, -0.1) is 0 Å². The van der Waals surface area contributed by atoms with Crippen LogP contribution in [0.4, 0.5) is 5.69 Å². The Morgan fingerprint density at radius 3 is 2.43 bits per heavy atom. The zero-order valence-corrected chi connectivity index (χ0v) is 14.5. The molecule has 0 spiro atoms. The fourth-order valence-electron chi connectivity index (χ4n) is 2.37. The average Bonchev–Trinajstić information content (AvgIpc) is 2.81. The minimum Gasteiger partial charge on any atom is -0.414 e. The van der Waals surface area contributed by atoms with Gasteiger partial charge in [-0.1, -0.05) is 17.4 Å². The SMILES string of the molecule is Cc1cc(C)c(S(=O)(=O)Nc2ccc3oc(=O)sc3c2)cc1C. The Balaban J connectivity index is 2.02. The molecule has 0 aliphatic carbocycles. The summed E-state index contributed by atoms with van der Waals surface area (Å²) < 4.78 is 33.4. The second-order valence-corrected chi connectivity index (χ2v) is 8.05. The van der Waals surface area contributed by atoms with Crippen molar-refractivity contribution in [3.8, 4) is 0 Å². The highest BCUT2D eigenvalue weighted by Gasteiger charge is 2.18. The minimum atomic E-state index is -3.70. The van der Waals surface area contributed by atoms with Gasteiger partial charge in [0.25, 0.3) is 10.0 Å². The van der Waals surface area contributed by atoms with Crippen LogP contribution in [0.1, 0.15) is 16.7 Å². The molecule has 1 N–H and O–H groups in total. The number of hydrogen-bond acceptors (Lipinski definition) is 5. The first-order chi connectivity index (χ1) is 10.8. The standard InChI is InChI=1S/C16H15NO4S2/c1-9-6-11(3)15(7-10(9)2)23(19,20)17-12-4-5-13-14(8-12)22-16(18)21-13/h4-8,17H,1-3H3. The van der Waals surface area contributed by atoms with Crippen molar-refractivity contribution in [2.45, 2.75) is 25.7 Å². The molecule has 0 radical (unpaired) electrons. The van der Waals surface area contributed by atoms with Gasteiger partial charge in [0, 0.05) is 0 Å². The Bertz CT molecular complexity index is 1060. The van der Waals surface area contributed by atoms with Crippen molar-refractivity contribution in [2.24, 2.45) is 0 Å². The van der Waals surface area contributed by atoms with E-state index in [9.17, 15) is 13.2 Å². The summed E-state index contributed by atoms with van der Waals surface area (Å²) in [4.78, 5) is 11.1. The smallest absolute Gasteiger partial charge is 0.396 e. The second kappa shape index (κ2) is 5.50. The summed E-state index contributed by atoms with van der Waals surface area (Å²) in [6.07, 6.45) is 0. The van der Waals surface area contributed by atoms with Crippen molar-refractivity contribution in [2.75, 3.05) is 4.72 Å². The molecule has 0 bridgehead atoms. The van der Waals surface area contributed by atoms with Crippen LogP contribution in [0, 0.1) is 20.8 Å². The molecule has 2 aromatic carbocycles. The largest absolute Gasteiger partial charge is 0.414 e. The van der Waals surface area contributed by atoms with Gasteiger partial charge in [-0.25, -0.2) is 13.2 Å². The summed E-state index contributed by atoms with van der Waals surface area (Å²) in [5.74, 6) is 0. The minimum absolute atomic E-state index is 0.251. The van der Waals surface area contributed by atoms with Crippen molar-refractivity contribution < 1.29 is 12.8 Å². The van der Waals surface area contributed by atoms with E-state index in [2.05, 4.69) is 4.72 Å². The molecule has 1 aromatic heterocycles. The van der Waals surface area contributed by atoms with Crippen molar-refractivity contribution in [1.29, 1.82) is 0 Å². The summed E-state index contributed by atoms with van der Waals surface area (Å²) in [5, 5.41) is 0. The molecule has 0 atom stereocenters. The van der Waals surface area contributed by atoms with Crippen LogP contribution in [0.5, 0.6) is 0 Å². The fraction of sp³-hybridized carbons (Fsp3) is 0.188. The molecule has 5 nitrogen and oxygen atoms in total. The number of nitrogens with one attached hydrogen (secondary N) is 1. The zero-order chi connectivity index (χ0) is 16.8. The van der Waals surface area contributed by atoms with Gasteiger partial charge in [0.05, 0.1) is 15.3 Å². The Hall–Kier alpha value is -2.12. The number of fused-ring (bicyclic) bond motifs is 1. The van der Waals surface area contributed by atoms with E-state index in [1.165, 1.54) is 0 Å². The Morgan fingerprint density at radius 1 is 1.00 bits per heavy atom. The molecule has 0 saturated carbocycles. The maximum Gasteiger partial charge on any atom is 0.396 e. The van der Waals surface area contributed by atoms with Crippen molar-refractivity contribution in [1.82, 2.24) is 0 Å². The topological polar surface area (TPSA) is 76.4 Å². The quantitative estimate of drug-likeness (QED) is 0.784. The second-order valence-electron chi connectivity index (χ2n) is 5.42. The van der Waals surface area contributed by atoms with Crippen LogP contribution >= 0.6 is 11.3 Å². The highest BCUT2D eigenvalue weighted by atomic mass is 32.2. The van der Waals surface area contributed by atoms with E-state index >= 15 is 0 Å². The molecule has 0 aliphatic rings. The van der Waals surface area contributed by atoms with Gasteiger partial charge in [0.1, 0.15) is 5.58 Å². The van der Waals surface area contributed by atoms with Crippen molar-refractivity contribution in [3.63, 3.8) is 0 Å². The summed E-state index contributed by atoms with van der Waals surface area (Å²) in [6.45, 7) is 5.59. The van der Waals surface area contributed by atoms with Gasteiger partial charge in [-0.05, 0) is 61.7 Å². The molecule has 120 valence electrons. The van der Waals surface area contributed by atoms with Gasteiger partial charge in [0.2, 0.25) is 0 Å². The van der Waals surface area contributed by atoms with E-state index in [1.54, 1.807) is 31.2 Å². The number of anilines is 1. The molecule has 3 rings (SSSR count). The first-order valence-electron chi connectivity index (χ1n) is 6.90. The first kappa shape index (κ1) is 15.8. The lowest BCUT2D eigenvalue weighted by molar-refractivity contribution is 0.585. The van der Waals surface area contributed by atoms with Crippen LogP contribution in [-0.2, 0) is 10.0 Å². The number of aryl methyl sites for hydroxylation is 3. The maximum absolute atomic E-state index is 12.6. The Morgan fingerprint density at radius 2 is 1.70 bits per heavy atom. The van der Waals surface area contributed by atoms with Gasteiger partial charge in [0.15, 0.2) is 0 Å². The molecule has 3 aromatic rings. The normalized spacial score (nSPS) is 11.8. The lowest BCUT2D eigenvalue weighted by Crippen LogP contribution is -2.14. The number of sulfonamides is 1. The van der Waals surface area contributed by atoms with Crippen LogP contribution in [-0.4, -0.2) is 8.42 Å². The van der Waals surface area contributed by atoms with Crippen LogP contribution < -0.4 is 9.66 Å². The molecule has 0 aliphatic heterocycles. The molecular formula is C16H15NO4S2. The van der Waals surface area contributed by atoms with Crippen LogP contribution in [0.2, 0.25) is 0 Å². The molecule has 0 amide bonds. The van der Waals surface area contributed by atoms with Crippen LogP contribution in [0.3, 0.4) is 0 Å². The van der Waals surface area contributed by atoms with E-state index in [0.29, 0.717) is 21.5 Å². The number of rotatable bonds is 3. The zero-order valence-electron chi connectivity index (χ0n) is 12.8. The lowest BCUT2D eigenvalue weighted by Gasteiger charge is -2.12. The average molecular weight is 349 g/mol.